The van der Waals surface area contributed by atoms with Gasteiger partial charge in [0.1, 0.15) is 6.07 Å². The zero-order valence-corrected chi connectivity index (χ0v) is 14.1. The molecule has 0 atom stereocenters. The van der Waals surface area contributed by atoms with E-state index in [4.69, 9.17) is 0 Å². The number of nitriles is 1. The minimum atomic E-state index is -0.483. The number of rotatable bonds is 7. The number of non-ortho nitro benzene ring substituents is 1. The average Bonchev–Trinajstić information content (AvgIpc) is 2.65. The minimum Gasteiger partial charge on any atom is -0.372 e. The molecule has 0 aliphatic rings. The van der Waals surface area contributed by atoms with Gasteiger partial charge in [0.2, 0.25) is 0 Å². The van der Waals surface area contributed by atoms with Crippen molar-refractivity contribution >= 4 is 22.8 Å². The lowest BCUT2D eigenvalue weighted by atomic mass is 10.1. The van der Waals surface area contributed by atoms with Crippen molar-refractivity contribution in [3.63, 3.8) is 0 Å². The van der Waals surface area contributed by atoms with Crippen LogP contribution in [0, 0.1) is 21.4 Å². The van der Waals surface area contributed by atoms with E-state index in [9.17, 15) is 15.4 Å². The normalized spacial score (nSPS) is 10.8. The number of nitrogens with zero attached hydrogens (tertiary/aromatic N) is 4. The lowest BCUT2D eigenvalue weighted by Gasteiger charge is -2.21. The summed E-state index contributed by atoms with van der Waals surface area (Å²) in [5.41, 5.74) is 5.37. The van der Waals surface area contributed by atoms with Gasteiger partial charge in [0, 0.05) is 36.5 Å². The summed E-state index contributed by atoms with van der Waals surface area (Å²) >= 11 is 0. The number of nitro benzene ring substituents is 1. The predicted molar refractivity (Wildman–Crippen MR) is 98.9 cm³/mol. The van der Waals surface area contributed by atoms with Crippen LogP contribution >= 0.6 is 0 Å². The second-order valence-corrected chi connectivity index (χ2v) is 5.21. The van der Waals surface area contributed by atoms with E-state index >= 15 is 0 Å². The number of hydrogen-bond acceptors (Lipinski definition) is 6. The van der Waals surface area contributed by atoms with Gasteiger partial charge in [-0.2, -0.15) is 10.4 Å². The molecule has 0 aromatic heterocycles. The monoisotopic (exact) mass is 337 g/mol. The molecule has 0 aliphatic heterocycles. The van der Waals surface area contributed by atoms with Gasteiger partial charge < -0.3 is 4.90 Å². The third-order valence-electron chi connectivity index (χ3n) is 3.75. The molecular formula is C18H19N5O2. The van der Waals surface area contributed by atoms with E-state index in [0.29, 0.717) is 5.56 Å². The second kappa shape index (κ2) is 8.45. The summed E-state index contributed by atoms with van der Waals surface area (Å²) in [6, 6.07) is 15.5. The zero-order valence-electron chi connectivity index (χ0n) is 14.1. The van der Waals surface area contributed by atoms with Crippen molar-refractivity contribution in [2.75, 3.05) is 23.4 Å². The summed E-state index contributed by atoms with van der Waals surface area (Å²) in [5, 5.41) is 24.0. The molecule has 0 bridgehead atoms. The van der Waals surface area contributed by atoms with Crippen LogP contribution in [0.5, 0.6) is 0 Å². The van der Waals surface area contributed by atoms with Crippen molar-refractivity contribution in [1.29, 1.82) is 5.26 Å². The molecule has 128 valence electrons. The Morgan fingerprint density at radius 3 is 2.24 bits per heavy atom. The first-order valence-corrected chi connectivity index (χ1v) is 7.92. The third-order valence-corrected chi connectivity index (χ3v) is 3.75. The van der Waals surface area contributed by atoms with Crippen LogP contribution in [0.25, 0.3) is 0 Å². The highest BCUT2D eigenvalue weighted by atomic mass is 16.6. The molecule has 25 heavy (non-hydrogen) atoms. The number of hydrazone groups is 1. The number of nitrogens with one attached hydrogen (secondary N) is 1. The van der Waals surface area contributed by atoms with E-state index in [1.807, 2.05) is 30.3 Å². The summed E-state index contributed by atoms with van der Waals surface area (Å²) in [7, 11) is 0. The lowest BCUT2D eigenvalue weighted by Crippen LogP contribution is -2.21. The van der Waals surface area contributed by atoms with Gasteiger partial charge in [-0.1, -0.05) is 0 Å². The van der Waals surface area contributed by atoms with Crippen LogP contribution in [0.1, 0.15) is 19.4 Å². The largest absolute Gasteiger partial charge is 0.372 e. The molecule has 0 saturated heterocycles. The Hall–Kier alpha value is -3.40. The van der Waals surface area contributed by atoms with Crippen LogP contribution in [0.15, 0.2) is 53.6 Å². The molecule has 0 saturated carbocycles. The smallest absolute Gasteiger partial charge is 0.269 e. The summed E-state index contributed by atoms with van der Waals surface area (Å²) in [5.74, 6) is 0. The first-order valence-electron chi connectivity index (χ1n) is 7.92. The van der Waals surface area contributed by atoms with Crippen LogP contribution < -0.4 is 10.3 Å². The Bertz CT molecular complexity index is 788. The van der Waals surface area contributed by atoms with Crippen LogP contribution in [-0.4, -0.2) is 23.7 Å². The van der Waals surface area contributed by atoms with Gasteiger partial charge in [-0.3, -0.25) is 15.5 Å². The minimum absolute atomic E-state index is 0.0269. The maximum atomic E-state index is 10.7. The number of nitro groups is 1. The summed E-state index contributed by atoms with van der Waals surface area (Å²) in [4.78, 5) is 12.4. The number of hydrogen-bond donors (Lipinski definition) is 1. The van der Waals surface area contributed by atoms with E-state index in [1.54, 1.807) is 0 Å². The van der Waals surface area contributed by atoms with Crippen molar-refractivity contribution in [2.45, 2.75) is 13.8 Å². The van der Waals surface area contributed by atoms with Crippen molar-refractivity contribution in [1.82, 2.24) is 0 Å². The maximum absolute atomic E-state index is 10.7. The van der Waals surface area contributed by atoms with Gasteiger partial charge in [-0.25, -0.2) is 0 Å². The van der Waals surface area contributed by atoms with E-state index in [-0.39, 0.29) is 11.4 Å². The van der Waals surface area contributed by atoms with E-state index in [2.05, 4.69) is 29.3 Å². The molecule has 2 rings (SSSR count). The molecule has 1 N–H and O–H groups in total. The molecule has 0 spiro atoms. The van der Waals surface area contributed by atoms with Crippen LogP contribution in [0.3, 0.4) is 0 Å². The average molecular weight is 337 g/mol. The van der Waals surface area contributed by atoms with Crippen LogP contribution in [-0.2, 0) is 0 Å². The van der Waals surface area contributed by atoms with Crippen LogP contribution in [0.2, 0.25) is 0 Å². The van der Waals surface area contributed by atoms with Crippen molar-refractivity contribution in [3.05, 3.63) is 64.2 Å². The molecule has 2 aromatic rings. The SMILES string of the molecule is CCN(CC)c1ccc(N/N=C(\C#N)c2ccc([N+](=O)[O-])cc2)cc1. The van der Waals surface area contributed by atoms with E-state index in [1.165, 1.54) is 24.3 Å². The molecule has 2 aromatic carbocycles. The maximum Gasteiger partial charge on any atom is 0.269 e. The molecule has 0 amide bonds. The Morgan fingerprint density at radius 2 is 1.76 bits per heavy atom. The van der Waals surface area contributed by atoms with Crippen molar-refractivity contribution in [3.8, 4) is 6.07 Å². The molecule has 0 radical (unpaired) electrons. The van der Waals surface area contributed by atoms with Gasteiger partial charge >= 0.3 is 0 Å². The van der Waals surface area contributed by atoms with Gasteiger partial charge in [0.05, 0.1) is 10.6 Å². The zero-order chi connectivity index (χ0) is 18.2. The Labute approximate surface area is 146 Å². The summed E-state index contributed by atoms with van der Waals surface area (Å²) in [6.45, 7) is 6.06. The second-order valence-electron chi connectivity index (χ2n) is 5.21. The molecule has 0 heterocycles. The lowest BCUT2D eigenvalue weighted by molar-refractivity contribution is -0.384. The van der Waals surface area contributed by atoms with Crippen molar-refractivity contribution in [2.24, 2.45) is 5.10 Å². The van der Waals surface area contributed by atoms with E-state index < -0.39 is 4.92 Å². The fourth-order valence-electron chi connectivity index (χ4n) is 2.35. The molecule has 0 fully saturated rings. The molecular weight excluding hydrogens is 318 g/mol. The summed E-state index contributed by atoms with van der Waals surface area (Å²) in [6.07, 6.45) is 0. The van der Waals surface area contributed by atoms with Gasteiger partial charge in [0.25, 0.3) is 5.69 Å². The van der Waals surface area contributed by atoms with E-state index in [0.717, 1.165) is 24.5 Å². The molecule has 7 nitrogen and oxygen atoms in total. The molecule has 0 aliphatic carbocycles. The molecule has 0 unspecified atom stereocenters. The fourth-order valence-corrected chi connectivity index (χ4v) is 2.35. The quantitative estimate of drug-likeness (QED) is 0.471. The van der Waals surface area contributed by atoms with Gasteiger partial charge in [0.15, 0.2) is 5.71 Å². The Kier molecular flexibility index (Phi) is 6.07. The standard InChI is InChI=1S/C18H19N5O2/c1-3-22(4-2)16-11-7-15(8-12-16)20-21-18(13-19)14-5-9-17(10-6-14)23(24)25/h5-12,20H,3-4H2,1-2H3/b21-18+. The van der Waals surface area contributed by atoms with Gasteiger partial charge in [-0.05, 0) is 50.2 Å². The van der Waals surface area contributed by atoms with Gasteiger partial charge in [-0.15, -0.1) is 0 Å². The first-order chi connectivity index (χ1) is 12.1. The Morgan fingerprint density at radius 1 is 1.16 bits per heavy atom. The highest BCUT2D eigenvalue weighted by Crippen LogP contribution is 2.18. The highest BCUT2D eigenvalue weighted by molar-refractivity contribution is 6.11. The predicted octanol–water partition coefficient (Wildman–Crippen LogP) is 3.78. The molecule has 7 heteroatoms. The topological polar surface area (TPSA) is 94.6 Å². The number of anilines is 2. The highest BCUT2D eigenvalue weighted by Gasteiger charge is 2.08. The fraction of sp³-hybridized carbons (Fsp3) is 0.222. The van der Waals surface area contributed by atoms with Crippen molar-refractivity contribution < 1.29 is 4.92 Å². The number of benzene rings is 2. The van der Waals surface area contributed by atoms with Crippen LogP contribution in [0.4, 0.5) is 17.1 Å². The Balaban J connectivity index is 2.13. The first kappa shape index (κ1) is 17.9. The third kappa shape index (κ3) is 4.54. The summed E-state index contributed by atoms with van der Waals surface area (Å²) < 4.78 is 0.